The van der Waals surface area contributed by atoms with Crippen molar-refractivity contribution in [1.29, 1.82) is 0 Å². The standard InChI is InChI=1S/C22H32N4O3S/c1-4-29-21-7-5-19(6-8-21)15-24-10-12-25(13-11-24)22-17(2)23-26(18(22)3)20-9-14-30(27,28)16-20/h5-8,20H,4,9-16H2,1-3H3. The Morgan fingerprint density at radius 3 is 2.40 bits per heavy atom. The van der Waals surface area contributed by atoms with E-state index in [0.717, 1.165) is 49.9 Å². The molecule has 2 aromatic rings. The maximum atomic E-state index is 11.9. The Bertz CT molecular complexity index is 977. The third kappa shape index (κ3) is 4.49. The topological polar surface area (TPSA) is 67.7 Å². The van der Waals surface area contributed by atoms with Crippen molar-refractivity contribution in [3.63, 3.8) is 0 Å². The van der Waals surface area contributed by atoms with Gasteiger partial charge in [0.1, 0.15) is 5.75 Å². The van der Waals surface area contributed by atoms with E-state index in [1.54, 1.807) is 0 Å². The second-order valence-electron chi connectivity index (χ2n) is 8.36. The molecular weight excluding hydrogens is 400 g/mol. The van der Waals surface area contributed by atoms with Crippen molar-refractivity contribution in [1.82, 2.24) is 14.7 Å². The fraction of sp³-hybridized carbons (Fsp3) is 0.591. The number of rotatable bonds is 6. The molecule has 1 unspecified atom stereocenters. The average Bonchev–Trinajstić information content (AvgIpc) is 3.22. The van der Waals surface area contributed by atoms with Crippen LogP contribution in [0.4, 0.5) is 5.69 Å². The molecule has 1 aromatic heterocycles. The van der Waals surface area contributed by atoms with Gasteiger partial charge in [0, 0.05) is 32.7 Å². The van der Waals surface area contributed by atoms with Crippen LogP contribution in [-0.2, 0) is 16.4 Å². The minimum atomic E-state index is -2.92. The number of anilines is 1. The Balaban J connectivity index is 1.38. The summed E-state index contributed by atoms with van der Waals surface area (Å²) < 4.78 is 31.3. The van der Waals surface area contributed by atoms with Gasteiger partial charge < -0.3 is 9.64 Å². The number of ether oxygens (including phenoxy) is 1. The van der Waals surface area contributed by atoms with Crippen LogP contribution in [0.25, 0.3) is 0 Å². The van der Waals surface area contributed by atoms with Crippen molar-refractivity contribution >= 4 is 15.5 Å². The molecule has 164 valence electrons. The van der Waals surface area contributed by atoms with Gasteiger partial charge in [-0.2, -0.15) is 5.10 Å². The summed E-state index contributed by atoms with van der Waals surface area (Å²) in [5.74, 6) is 1.41. The van der Waals surface area contributed by atoms with Gasteiger partial charge in [0.05, 0.1) is 41.2 Å². The SMILES string of the molecule is CCOc1ccc(CN2CCN(c3c(C)nn(C4CCS(=O)(=O)C4)c3C)CC2)cc1. The molecule has 2 fully saturated rings. The van der Waals surface area contributed by atoms with Crippen molar-refractivity contribution in [2.45, 2.75) is 39.8 Å². The molecule has 30 heavy (non-hydrogen) atoms. The van der Waals surface area contributed by atoms with Crippen molar-refractivity contribution in [2.75, 3.05) is 49.2 Å². The first-order valence-electron chi connectivity index (χ1n) is 10.8. The molecule has 0 radical (unpaired) electrons. The van der Waals surface area contributed by atoms with Crippen LogP contribution in [0.15, 0.2) is 24.3 Å². The smallest absolute Gasteiger partial charge is 0.152 e. The molecule has 0 spiro atoms. The van der Waals surface area contributed by atoms with Gasteiger partial charge in [0.2, 0.25) is 0 Å². The fourth-order valence-electron chi connectivity index (χ4n) is 4.68. The van der Waals surface area contributed by atoms with E-state index in [9.17, 15) is 8.42 Å². The Morgan fingerprint density at radius 1 is 1.10 bits per heavy atom. The highest BCUT2D eigenvalue weighted by atomic mass is 32.2. The summed E-state index contributed by atoms with van der Waals surface area (Å²) in [5.41, 5.74) is 4.57. The first-order valence-corrected chi connectivity index (χ1v) is 12.6. The highest BCUT2D eigenvalue weighted by Crippen LogP contribution is 2.31. The molecule has 2 aliphatic rings. The van der Waals surface area contributed by atoms with Crippen molar-refractivity contribution < 1.29 is 13.2 Å². The molecule has 0 bridgehead atoms. The maximum Gasteiger partial charge on any atom is 0.152 e. The van der Waals surface area contributed by atoms with E-state index in [2.05, 4.69) is 28.9 Å². The lowest BCUT2D eigenvalue weighted by atomic mass is 10.1. The van der Waals surface area contributed by atoms with Crippen LogP contribution in [0.2, 0.25) is 0 Å². The second-order valence-corrected chi connectivity index (χ2v) is 10.6. The third-order valence-electron chi connectivity index (χ3n) is 6.17. The molecule has 1 atom stereocenters. The molecule has 8 heteroatoms. The number of hydrogen-bond donors (Lipinski definition) is 0. The highest BCUT2D eigenvalue weighted by molar-refractivity contribution is 7.91. The van der Waals surface area contributed by atoms with E-state index in [-0.39, 0.29) is 17.5 Å². The van der Waals surface area contributed by atoms with Crippen LogP contribution < -0.4 is 9.64 Å². The van der Waals surface area contributed by atoms with Gasteiger partial charge in [-0.1, -0.05) is 12.1 Å². The van der Waals surface area contributed by atoms with Crippen LogP contribution >= 0.6 is 0 Å². The molecule has 2 saturated heterocycles. The number of aryl methyl sites for hydroxylation is 1. The van der Waals surface area contributed by atoms with Crippen LogP contribution in [0.3, 0.4) is 0 Å². The molecule has 0 saturated carbocycles. The highest BCUT2D eigenvalue weighted by Gasteiger charge is 2.32. The van der Waals surface area contributed by atoms with Crippen molar-refractivity contribution in [3.8, 4) is 5.75 Å². The molecule has 0 aliphatic carbocycles. The predicted octanol–water partition coefficient (Wildman–Crippen LogP) is 2.58. The normalized spacial score (nSPS) is 21.8. The molecular formula is C22H32N4O3S. The molecule has 1 aromatic carbocycles. The lowest BCUT2D eigenvalue weighted by Gasteiger charge is -2.36. The van der Waals surface area contributed by atoms with Gasteiger partial charge in [-0.05, 0) is 44.9 Å². The molecule has 3 heterocycles. The van der Waals surface area contributed by atoms with Crippen LogP contribution in [-0.4, -0.2) is 67.4 Å². The number of sulfone groups is 1. The van der Waals surface area contributed by atoms with Gasteiger partial charge >= 0.3 is 0 Å². The van der Waals surface area contributed by atoms with Crippen LogP contribution in [0, 0.1) is 13.8 Å². The first kappa shape index (κ1) is 21.2. The monoisotopic (exact) mass is 432 g/mol. The summed E-state index contributed by atoms with van der Waals surface area (Å²) >= 11 is 0. The van der Waals surface area contributed by atoms with E-state index in [0.29, 0.717) is 13.0 Å². The summed E-state index contributed by atoms with van der Waals surface area (Å²) in [5, 5.41) is 4.73. The Labute approximate surface area is 179 Å². The zero-order chi connectivity index (χ0) is 21.3. The summed E-state index contributed by atoms with van der Waals surface area (Å²) in [6, 6.07) is 8.35. The Morgan fingerprint density at radius 2 is 1.80 bits per heavy atom. The minimum Gasteiger partial charge on any atom is -0.494 e. The first-order chi connectivity index (χ1) is 14.4. The quantitative estimate of drug-likeness (QED) is 0.699. The van der Waals surface area contributed by atoms with Crippen molar-refractivity contribution in [2.24, 2.45) is 0 Å². The van der Waals surface area contributed by atoms with Crippen LogP contribution in [0.1, 0.15) is 36.3 Å². The summed E-state index contributed by atoms with van der Waals surface area (Å²) in [6.07, 6.45) is 0.666. The van der Waals surface area contributed by atoms with Gasteiger partial charge in [-0.25, -0.2) is 8.42 Å². The number of hydrogen-bond acceptors (Lipinski definition) is 6. The number of nitrogens with zero attached hydrogens (tertiary/aromatic N) is 4. The van der Waals surface area contributed by atoms with E-state index < -0.39 is 9.84 Å². The van der Waals surface area contributed by atoms with E-state index in [4.69, 9.17) is 9.84 Å². The molecule has 4 rings (SSSR count). The summed E-state index contributed by atoms with van der Waals surface area (Å²) in [4.78, 5) is 4.89. The molecule has 0 N–H and O–H groups in total. The van der Waals surface area contributed by atoms with Gasteiger partial charge in [-0.3, -0.25) is 9.58 Å². The molecule has 0 amide bonds. The van der Waals surface area contributed by atoms with E-state index in [1.807, 2.05) is 30.7 Å². The maximum absolute atomic E-state index is 11.9. The zero-order valence-corrected chi connectivity index (χ0v) is 19.0. The molecule has 2 aliphatic heterocycles. The lowest BCUT2D eigenvalue weighted by molar-refractivity contribution is 0.249. The zero-order valence-electron chi connectivity index (χ0n) is 18.2. The Hall–Kier alpha value is -2.06. The number of benzene rings is 1. The van der Waals surface area contributed by atoms with Crippen molar-refractivity contribution in [3.05, 3.63) is 41.2 Å². The lowest BCUT2D eigenvalue weighted by Crippen LogP contribution is -2.46. The predicted molar refractivity (Wildman–Crippen MR) is 119 cm³/mol. The second kappa shape index (κ2) is 8.59. The van der Waals surface area contributed by atoms with E-state index in [1.165, 1.54) is 11.3 Å². The van der Waals surface area contributed by atoms with Gasteiger partial charge in [-0.15, -0.1) is 0 Å². The summed E-state index contributed by atoms with van der Waals surface area (Å²) in [7, 11) is -2.92. The Kier molecular flexibility index (Phi) is 6.06. The van der Waals surface area contributed by atoms with Crippen LogP contribution in [0.5, 0.6) is 5.75 Å². The van der Waals surface area contributed by atoms with E-state index >= 15 is 0 Å². The summed E-state index contributed by atoms with van der Waals surface area (Å²) in [6.45, 7) is 11.6. The average molecular weight is 433 g/mol. The third-order valence-corrected chi connectivity index (χ3v) is 7.92. The van der Waals surface area contributed by atoms with Gasteiger partial charge in [0.25, 0.3) is 0 Å². The molecule has 7 nitrogen and oxygen atoms in total. The number of aromatic nitrogens is 2. The number of piperazine rings is 1. The van der Waals surface area contributed by atoms with Gasteiger partial charge in [0.15, 0.2) is 9.84 Å². The largest absolute Gasteiger partial charge is 0.494 e. The minimum absolute atomic E-state index is 0.0246. The fourth-order valence-corrected chi connectivity index (χ4v) is 6.37.